The Bertz CT molecular complexity index is 932. The van der Waals surface area contributed by atoms with E-state index in [-0.39, 0.29) is 19.4 Å². The van der Waals surface area contributed by atoms with E-state index in [0.29, 0.717) is 12.8 Å². The van der Waals surface area contributed by atoms with Gasteiger partial charge in [-0.2, -0.15) is 0 Å². The van der Waals surface area contributed by atoms with Crippen molar-refractivity contribution in [2.24, 2.45) is 5.73 Å². The van der Waals surface area contributed by atoms with E-state index in [4.69, 9.17) is 24.8 Å². The van der Waals surface area contributed by atoms with Crippen LogP contribution in [0.25, 0.3) is 0 Å². The molecule has 0 saturated carbocycles. The number of carboxylic acids is 1. The zero-order valence-electron chi connectivity index (χ0n) is 32.2. The first-order valence-electron chi connectivity index (χ1n) is 20.2. The molecule has 11 nitrogen and oxygen atoms in total. The van der Waals surface area contributed by atoms with Gasteiger partial charge in [-0.3, -0.25) is 23.4 Å². The molecule has 0 saturated heterocycles. The maximum absolute atomic E-state index is 12.6. The smallest absolute Gasteiger partial charge is 0.472 e. The van der Waals surface area contributed by atoms with Crippen LogP contribution < -0.4 is 5.73 Å². The van der Waals surface area contributed by atoms with Crippen molar-refractivity contribution in [2.45, 2.75) is 199 Å². The first-order valence-corrected chi connectivity index (χ1v) is 21.7. The van der Waals surface area contributed by atoms with Crippen molar-refractivity contribution in [3.8, 4) is 0 Å². The molecule has 0 heterocycles. The van der Waals surface area contributed by atoms with Crippen LogP contribution in [0.3, 0.4) is 0 Å². The van der Waals surface area contributed by atoms with Crippen molar-refractivity contribution in [3.05, 3.63) is 12.2 Å². The van der Waals surface area contributed by atoms with E-state index in [1.165, 1.54) is 109 Å². The molecule has 0 aromatic carbocycles. The van der Waals surface area contributed by atoms with Crippen molar-refractivity contribution in [2.75, 3.05) is 19.8 Å². The molecule has 0 aliphatic heterocycles. The third-order valence-corrected chi connectivity index (χ3v) is 9.71. The van der Waals surface area contributed by atoms with Crippen LogP contribution in [0.5, 0.6) is 0 Å². The number of carboxylic acid groups (broad SMARTS) is 1. The number of carbonyl (C=O) groups excluding carboxylic acids is 2. The summed E-state index contributed by atoms with van der Waals surface area (Å²) in [5, 5.41) is 8.86. The fourth-order valence-corrected chi connectivity index (χ4v) is 6.29. The highest BCUT2D eigenvalue weighted by molar-refractivity contribution is 7.47. The summed E-state index contributed by atoms with van der Waals surface area (Å²) in [5.74, 6) is -2.37. The summed E-state index contributed by atoms with van der Waals surface area (Å²) in [4.78, 5) is 45.8. The Labute approximate surface area is 309 Å². The minimum atomic E-state index is -4.70. The molecule has 0 spiro atoms. The fourth-order valence-electron chi connectivity index (χ4n) is 5.52. The second-order valence-corrected chi connectivity index (χ2v) is 15.2. The Morgan fingerprint density at radius 1 is 0.588 bits per heavy atom. The van der Waals surface area contributed by atoms with Crippen LogP contribution >= 0.6 is 7.82 Å². The molecule has 0 rings (SSSR count). The van der Waals surface area contributed by atoms with Crippen molar-refractivity contribution in [1.29, 1.82) is 0 Å². The third kappa shape index (κ3) is 35.0. The fraction of sp³-hybridized carbons (Fsp3) is 0.872. The van der Waals surface area contributed by atoms with E-state index in [2.05, 4.69) is 30.5 Å². The molecule has 0 radical (unpaired) electrons. The summed E-state index contributed by atoms with van der Waals surface area (Å²) in [6.45, 7) is 2.77. The van der Waals surface area contributed by atoms with Crippen LogP contribution in [0.2, 0.25) is 0 Å². The van der Waals surface area contributed by atoms with Crippen LogP contribution in [0.15, 0.2) is 12.2 Å². The summed E-state index contributed by atoms with van der Waals surface area (Å²) in [5.41, 5.74) is 5.32. The number of hydrogen-bond acceptors (Lipinski definition) is 9. The first kappa shape index (κ1) is 49.2. The standard InChI is InChI=1S/C39H74NO10P/c1-3-5-7-9-11-13-15-17-18-19-21-22-24-26-28-30-37(41)47-32-35(33-48-51(45,46)49-34-36(40)39(43)44)50-38(42)31-29-27-25-23-20-16-14-12-10-8-6-4-2/h9,11,35-36H,3-8,10,12-34,40H2,1-2H3,(H,43,44)(H,45,46)/b11-9+/t35-,36+/m1/s1. The number of ether oxygens (including phenoxy) is 2. The van der Waals surface area contributed by atoms with E-state index in [9.17, 15) is 23.8 Å². The predicted molar refractivity (Wildman–Crippen MR) is 203 cm³/mol. The van der Waals surface area contributed by atoms with Crippen molar-refractivity contribution in [1.82, 2.24) is 0 Å². The molecular formula is C39H74NO10P. The summed E-state index contributed by atoms with van der Waals surface area (Å²) < 4.78 is 32.6. The molecule has 300 valence electrons. The van der Waals surface area contributed by atoms with Gasteiger partial charge >= 0.3 is 25.7 Å². The molecule has 0 aromatic rings. The Hall–Kier alpha value is -1.78. The van der Waals surface area contributed by atoms with Crippen molar-refractivity contribution in [3.63, 3.8) is 0 Å². The summed E-state index contributed by atoms with van der Waals surface area (Å²) >= 11 is 0. The third-order valence-electron chi connectivity index (χ3n) is 8.76. The number of hydrogen-bond donors (Lipinski definition) is 3. The zero-order valence-corrected chi connectivity index (χ0v) is 33.1. The number of esters is 2. The van der Waals surface area contributed by atoms with Crippen LogP contribution in [-0.4, -0.2) is 59.9 Å². The topological polar surface area (TPSA) is 172 Å². The van der Waals surface area contributed by atoms with E-state index in [1.807, 2.05) is 0 Å². The van der Waals surface area contributed by atoms with Crippen molar-refractivity contribution >= 4 is 25.7 Å². The predicted octanol–water partition coefficient (Wildman–Crippen LogP) is 10.1. The van der Waals surface area contributed by atoms with Gasteiger partial charge in [-0.1, -0.05) is 154 Å². The SMILES string of the molecule is CCCC/C=C/CCCCCCCCCCCC(=O)OC[C@H](COP(=O)(O)OC[C@H](N)C(=O)O)OC(=O)CCCCCCCCCCCCCC. The number of nitrogens with two attached hydrogens (primary N) is 1. The lowest BCUT2D eigenvalue weighted by atomic mass is 10.0. The van der Waals surface area contributed by atoms with E-state index < -0.39 is 51.1 Å². The lowest BCUT2D eigenvalue weighted by Gasteiger charge is -2.20. The Morgan fingerprint density at radius 3 is 1.49 bits per heavy atom. The van der Waals surface area contributed by atoms with Gasteiger partial charge in [0.2, 0.25) is 0 Å². The monoisotopic (exact) mass is 748 g/mol. The quantitative estimate of drug-likeness (QED) is 0.0237. The molecule has 0 bridgehead atoms. The summed E-state index contributed by atoms with van der Waals surface area (Å²) in [6.07, 6.45) is 32.7. The van der Waals surface area contributed by atoms with Crippen LogP contribution in [0.4, 0.5) is 0 Å². The van der Waals surface area contributed by atoms with Gasteiger partial charge in [0, 0.05) is 12.8 Å². The lowest BCUT2D eigenvalue weighted by Crippen LogP contribution is -2.34. The highest BCUT2D eigenvalue weighted by Gasteiger charge is 2.28. The number of rotatable bonds is 38. The lowest BCUT2D eigenvalue weighted by molar-refractivity contribution is -0.161. The molecule has 12 heteroatoms. The highest BCUT2D eigenvalue weighted by atomic mass is 31.2. The largest absolute Gasteiger partial charge is 0.480 e. The average Bonchev–Trinajstić information content (AvgIpc) is 3.10. The molecule has 0 aliphatic rings. The summed E-state index contributed by atoms with van der Waals surface area (Å²) in [7, 11) is -4.70. The van der Waals surface area contributed by atoms with E-state index >= 15 is 0 Å². The zero-order chi connectivity index (χ0) is 37.8. The number of phosphoric ester groups is 1. The number of unbranched alkanes of at least 4 members (excludes halogenated alkanes) is 22. The molecule has 1 unspecified atom stereocenters. The molecular weight excluding hydrogens is 673 g/mol. The first-order chi connectivity index (χ1) is 24.6. The minimum absolute atomic E-state index is 0.166. The Morgan fingerprint density at radius 2 is 1.00 bits per heavy atom. The second kappa shape index (κ2) is 35.3. The maximum atomic E-state index is 12.6. The van der Waals surface area contributed by atoms with Gasteiger partial charge in [0.25, 0.3) is 0 Å². The van der Waals surface area contributed by atoms with Crippen molar-refractivity contribution < 1.29 is 47.5 Å². The van der Waals surface area contributed by atoms with Crippen LogP contribution in [-0.2, 0) is 37.5 Å². The van der Waals surface area contributed by atoms with Crippen LogP contribution in [0.1, 0.15) is 187 Å². The van der Waals surface area contributed by atoms with Gasteiger partial charge < -0.3 is 25.2 Å². The molecule has 0 fully saturated rings. The number of aliphatic carboxylic acids is 1. The Balaban J connectivity index is 4.37. The maximum Gasteiger partial charge on any atom is 0.472 e. The van der Waals surface area contributed by atoms with E-state index in [0.717, 1.165) is 38.5 Å². The van der Waals surface area contributed by atoms with Gasteiger partial charge in [0.05, 0.1) is 13.2 Å². The number of allylic oxidation sites excluding steroid dienone is 2. The number of phosphoric acid groups is 1. The second-order valence-electron chi connectivity index (χ2n) is 13.8. The molecule has 3 atom stereocenters. The van der Waals surface area contributed by atoms with Crippen LogP contribution in [0, 0.1) is 0 Å². The minimum Gasteiger partial charge on any atom is -0.480 e. The van der Waals surface area contributed by atoms with Gasteiger partial charge in [-0.15, -0.1) is 0 Å². The van der Waals surface area contributed by atoms with Gasteiger partial charge in [0.15, 0.2) is 6.10 Å². The average molecular weight is 748 g/mol. The normalized spacial score (nSPS) is 14.0. The molecule has 0 aliphatic carbocycles. The van der Waals surface area contributed by atoms with Gasteiger partial charge in [0.1, 0.15) is 12.6 Å². The highest BCUT2D eigenvalue weighted by Crippen LogP contribution is 2.43. The van der Waals surface area contributed by atoms with Gasteiger partial charge in [-0.05, 0) is 32.1 Å². The molecule has 4 N–H and O–H groups in total. The number of carbonyl (C=O) groups is 3. The molecule has 51 heavy (non-hydrogen) atoms. The Kier molecular flexibility index (Phi) is 34.0. The van der Waals surface area contributed by atoms with E-state index in [1.54, 1.807) is 0 Å². The summed E-state index contributed by atoms with van der Waals surface area (Å²) in [6, 6.07) is -1.52. The molecule has 0 amide bonds. The molecule has 0 aromatic heterocycles. The van der Waals surface area contributed by atoms with Gasteiger partial charge in [-0.25, -0.2) is 4.57 Å².